The highest BCUT2D eigenvalue weighted by Gasteiger charge is 2.32. The van der Waals surface area contributed by atoms with E-state index in [9.17, 15) is 9.59 Å². The molecule has 1 aromatic carbocycles. The van der Waals surface area contributed by atoms with E-state index in [4.69, 9.17) is 16.7 Å². The van der Waals surface area contributed by atoms with Crippen molar-refractivity contribution in [1.29, 1.82) is 0 Å². The van der Waals surface area contributed by atoms with Crippen LogP contribution in [0.1, 0.15) is 54.1 Å². The molecule has 2 N–H and O–H groups in total. The first-order valence-corrected chi connectivity index (χ1v) is 9.03. The number of carbonyl (C=O) groups is 2. The number of fused-ring (bicyclic) bond motifs is 1. The van der Waals surface area contributed by atoms with E-state index in [0.29, 0.717) is 35.8 Å². The van der Waals surface area contributed by atoms with Gasteiger partial charge in [-0.3, -0.25) is 14.6 Å². The van der Waals surface area contributed by atoms with Gasteiger partial charge in [-0.15, -0.1) is 0 Å². The molecular formula is C19H19ClN2O3. The summed E-state index contributed by atoms with van der Waals surface area (Å²) in [6.07, 6.45) is 4.00. The second kappa shape index (κ2) is 6.30. The highest BCUT2D eigenvalue weighted by molar-refractivity contribution is 6.31. The lowest BCUT2D eigenvalue weighted by molar-refractivity contribution is -0.141. The standard InChI is InChI=1S/C19H19ClN2O3/c20-12-4-6-16-14(8-12)15(9-17(22-16)10-1-2-10)18(23)21-13-5-3-11(7-13)19(24)25/h4,6,8-11,13H,1-3,5,7H2,(H,21,23)(H,24,25)/t11-,13+/m0/s1. The summed E-state index contributed by atoms with van der Waals surface area (Å²) in [6.45, 7) is 0. The molecule has 0 unspecified atom stereocenters. The van der Waals surface area contributed by atoms with Gasteiger partial charge in [0.25, 0.3) is 5.91 Å². The SMILES string of the molecule is O=C(N[C@@H]1CC[C@H](C(=O)O)C1)c1cc(C2CC2)nc2ccc(Cl)cc12. The predicted octanol–water partition coefficient (Wildman–Crippen LogP) is 3.75. The summed E-state index contributed by atoms with van der Waals surface area (Å²) in [5.74, 6) is -0.882. The Bertz CT molecular complexity index is 863. The third kappa shape index (κ3) is 3.33. The predicted molar refractivity (Wildman–Crippen MR) is 95.0 cm³/mol. The molecule has 2 atom stereocenters. The number of nitrogens with zero attached hydrogens (tertiary/aromatic N) is 1. The number of carboxylic acids is 1. The minimum absolute atomic E-state index is 0.0969. The fourth-order valence-corrected chi connectivity index (χ4v) is 3.77. The van der Waals surface area contributed by atoms with Crippen LogP contribution in [0.5, 0.6) is 0 Å². The molecule has 0 saturated heterocycles. The molecule has 5 nitrogen and oxygen atoms in total. The first-order chi connectivity index (χ1) is 12.0. The zero-order valence-electron chi connectivity index (χ0n) is 13.7. The Kier molecular flexibility index (Phi) is 4.12. The Hall–Kier alpha value is -2.14. The summed E-state index contributed by atoms with van der Waals surface area (Å²) in [6, 6.07) is 7.17. The molecule has 2 aromatic rings. The van der Waals surface area contributed by atoms with Crippen molar-refractivity contribution in [3.8, 4) is 0 Å². The Balaban J connectivity index is 1.64. The lowest BCUT2D eigenvalue weighted by Crippen LogP contribution is -2.33. The Morgan fingerprint density at radius 1 is 1.16 bits per heavy atom. The molecule has 0 spiro atoms. The van der Waals surface area contributed by atoms with E-state index in [1.54, 1.807) is 12.1 Å². The van der Waals surface area contributed by atoms with Crippen LogP contribution in [0.2, 0.25) is 5.02 Å². The van der Waals surface area contributed by atoms with Gasteiger partial charge in [0.1, 0.15) is 0 Å². The molecule has 1 heterocycles. The van der Waals surface area contributed by atoms with Crippen LogP contribution in [0.25, 0.3) is 10.9 Å². The number of nitrogens with one attached hydrogen (secondary N) is 1. The Morgan fingerprint density at radius 2 is 1.96 bits per heavy atom. The van der Waals surface area contributed by atoms with Crippen molar-refractivity contribution in [1.82, 2.24) is 10.3 Å². The molecule has 0 aliphatic heterocycles. The number of aromatic nitrogens is 1. The molecule has 2 fully saturated rings. The summed E-state index contributed by atoms with van der Waals surface area (Å²) in [4.78, 5) is 28.6. The third-order valence-electron chi connectivity index (χ3n) is 5.15. The minimum Gasteiger partial charge on any atom is -0.481 e. The lowest BCUT2D eigenvalue weighted by atomic mass is 10.0. The van der Waals surface area contributed by atoms with Gasteiger partial charge in [-0.1, -0.05) is 11.6 Å². The van der Waals surface area contributed by atoms with Gasteiger partial charge in [0, 0.05) is 28.1 Å². The van der Waals surface area contributed by atoms with Gasteiger partial charge in [0.2, 0.25) is 0 Å². The van der Waals surface area contributed by atoms with Crippen LogP contribution >= 0.6 is 11.6 Å². The summed E-state index contributed by atoms with van der Waals surface area (Å²) in [5, 5.41) is 13.4. The van der Waals surface area contributed by atoms with Crippen molar-refractivity contribution in [2.75, 3.05) is 0 Å². The third-order valence-corrected chi connectivity index (χ3v) is 5.38. The number of pyridine rings is 1. The number of rotatable bonds is 4. The van der Waals surface area contributed by atoms with Crippen molar-refractivity contribution in [3.63, 3.8) is 0 Å². The molecule has 2 aliphatic carbocycles. The van der Waals surface area contributed by atoms with Gasteiger partial charge in [-0.05, 0) is 56.4 Å². The minimum atomic E-state index is -0.783. The van der Waals surface area contributed by atoms with E-state index in [2.05, 4.69) is 10.3 Å². The maximum Gasteiger partial charge on any atom is 0.306 e. The monoisotopic (exact) mass is 358 g/mol. The van der Waals surface area contributed by atoms with E-state index in [1.165, 1.54) is 0 Å². The van der Waals surface area contributed by atoms with Crippen LogP contribution in [0.15, 0.2) is 24.3 Å². The smallest absolute Gasteiger partial charge is 0.306 e. The molecule has 0 radical (unpaired) electrons. The topological polar surface area (TPSA) is 79.3 Å². The summed E-state index contributed by atoms with van der Waals surface area (Å²) in [5.41, 5.74) is 2.30. The summed E-state index contributed by atoms with van der Waals surface area (Å²) in [7, 11) is 0. The van der Waals surface area contributed by atoms with Crippen molar-refractivity contribution < 1.29 is 14.7 Å². The van der Waals surface area contributed by atoms with Gasteiger partial charge in [-0.25, -0.2) is 0 Å². The molecule has 2 aliphatic rings. The second-order valence-corrected chi connectivity index (χ2v) is 7.49. The largest absolute Gasteiger partial charge is 0.481 e. The Morgan fingerprint density at radius 3 is 2.64 bits per heavy atom. The number of amides is 1. The number of carbonyl (C=O) groups excluding carboxylic acids is 1. The molecular weight excluding hydrogens is 340 g/mol. The number of hydrogen-bond acceptors (Lipinski definition) is 3. The van der Waals surface area contributed by atoms with Crippen molar-refractivity contribution in [2.45, 2.75) is 44.1 Å². The summed E-state index contributed by atoms with van der Waals surface area (Å²) < 4.78 is 0. The summed E-state index contributed by atoms with van der Waals surface area (Å²) >= 11 is 6.11. The van der Waals surface area contributed by atoms with Gasteiger partial charge in [0.15, 0.2) is 0 Å². The van der Waals surface area contributed by atoms with E-state index in [0.717, 1.165) is 29.4 Å². The maximum absolute atomic E-state index is 12.9. The molecule has 25 heavy (non-hydrogen) atoms. The Labute approximate surface area is 150 Å². The number of carboxylic acid groups (broad SMARTS) is 1. The van der Waals surface area contributed by atoms with E-state index in [-0.39, 0.29) is 17.9 Å². The fraction of sp³-hybridized carbons (Fsp3) is 0.421. The first-order valence-electron chi connectivity index (χ1n) is 8.65. The maximum atomic E-state index is 12.9. The van der Waals surface area contributed by atoms with Gasteiger partial charge >= 0.3 is 5.97 Å². The molecule has 1 aromatic heterocycles. The quantitative estimate of drug-likeness (QED) is 0.872. The molecule has 6 heteroatoms. The van der Waals surface area contributed by atoms with Crippen molar-refractivity contribution in [2.24, 2.45) is 5.92 Å². The highest BCUT2D eigenvalue weighted by Crippen LogP contribution is 2.40. The number of halogens is 1. The fourth-order valence-electron chi connectivity index (χ4n) is 3.59. The first kappa shape index (κ1) is 16.3. The number of benzene rings is 1. The van der Waals surface area contributed by atoms with Crippen molar-refractivity contribution in [3.05, 3.63) is 40.5 Å². The average molecular weight is 359 g/mol. The van der Waals surface area contributed by atoms with E-state index < -0.39 is 5.97 Å². The van der Waals surface area contributed by atoms with Gasteiger partial charge < -0.3 is 10.4 Å². The lowest BCUT2D eigenvalue weighted by Gasteiger charge is -2.15. The zero-order valence-corrected chi connectivity index (χ0v) is 14.4. The van der Waals surface area contributed by atoms with Crippen LogP contribution in [-0.2, 0) is 4.79 Å². The molecule has 4 rings (SSSR count). The zero-order chi connectivity index (χ0) is 17.6. The normalized spacial score (nSPS) is 22.9. The van der Waals surface area contributed by atoms with Gasteiger partial charge in [-0.2, -0.15) is 0 Å². The molecule has 1 amide bonds. The number of hydrogen-bond donors (Lipinski definition) is 2. The molecule has 2 saturated carbocycles. The molecule has 130 valence electrons. The van der Waals surface area contributed by atoms with Crippen LogP contribution in [0.4, 0.5) is 0 Å². The van der Waals surface area contributed by atoms with Crippen LogP contribution in [0, 0.1) is 5.92 Å². The van der Waals surface area contributed by atoms with E-state index in [1.807, 2.05) is 12.1 Å². The average Bonchev–Trinajstić information content (AvgIpc) is 3.33. The van der Waals surface area contributed by atoms with Crippen LogP contribution < -0.4 is 5.32 Å². The van der Waals surface area contributed by atoms with E-state index >= 15 is 0 Å². The second-order valence-electron chi connectivity index (χ2n) is 7.05. The number of aliphatic carboxylic acids is 1. The van der Waals surface area contributed by atoms with Crippen molar-refractivity contribution >= 4 is 34.4 Å². The van der Waals surface area contributed by atoms with Gasteiger partial charge in [0.05, 0.1) is 17.0 Å². The molecule has 0 bridgehead atoms. The van der Waals surface area contributed by atoms with Crippen LogP contribution in [-0.4, -0.2) is 28.0 Å². The highest BCUT2D eigenvalue weighted by atomic mass is 35.5. The van der Waals surface area contributed by atoms with Crippen LogP contribution in [0.3, 0.4) is 0 Å².